The van der Waals surface area contributed by atoms with Crippen molar-refractivity contribution in [3.8, 4) is 5.75 Å². The van der Waals surface area contributed by atoms with Gasteiger partial charge in [-0.3, -0.25) is 4.79 Å². The predicted octanol–water partition coefficient (Wildman–Crippen LogP) is 3.47. The number of carbonyl (C=O) groups is 1. The van der Waals surface area contributed by atoms with Crippen molar-refractivity contribution in [3.63, 3.8) is 0 Å². The average Bonchev–Trinajstić information content (AvgIpc) is 2.74. The third-order valence-corrected chi connectivity index (χ3v) is 7.10. The van der Waals surface area contributed by atoms with E-state index < -0.39 is 15.8 Å². The predicted molar refractivity (Wildman–Crippen MR) is 117 cm³/mol. The van der Waals surface area contributed by atoms with Gasteiger partial charge in [0.15, 0.2) is 0 Å². The third kappa shape index (κ3) is 6.51. The first-order chi connectivity index (χ1) is 14.7. The zero-order valence-electron chi connectivity index (χ0n) is 17.9. The second-order valence-electron chi connectivity index (χ2n) is 8.05. The highest BCUT2D eigenvalue weighted by Gasteiger charge is 2.31. The number of carbonyl (C=O) groups excluding carboxylic acids is 1. The van der Waals surface area contributed by atoms with Gasteiger partial charge in [0.25, 0.3) is 0 Å². The van der Waals surface area contributed by atoms with Crippen LogP contribution in [0.2, 0.25) is 0 Å². The first-order valence-corrected chi connectivity index (χ1v) is 12.1. The molecule has 8 heteroatoms. The van der Waals surface area contributed by atoms with E-state index in [1.807, 2.05) is 38.1 Å². The average molecular weight is 449 g/mol. The van der Waals surface area contributed by atoms with Crippen LogP contribution in [0.15, 0.2) is 48.5 Å². The molecule has 0 saturated carbocycles. The van der Waals surface area contributed by atoms with Crippen LogP contribution in [0.3, 0.4) is 0 Å². The summed E-state index contributed by atoms with van der Waals surface area (Å²) in [5.41, 5.74) is 1.13. The number of piperidine rings is 1. The number of ether oxygens (including phenoxy) is 1. The number of halogens is 1. The first-order valence-electron chi connectivity index (χ1n) is 10.5. The standard InChI is InChI=1S/C23H29FN2O4S/c1-17(2)30-21-9-7-18(8-10-21)15-25-23(27)19-11-13-26(14-12-19)31(28,29)16-20-5-3-4-6-22(20)24/h3-10,17,19H,11-16H2,1-2H3,(H,25,27). The molecule has 1 fully saturated rings. The number of amides is 1. The highest BCUT2D eigenvalue weighted by atomic mass is 32.2. The number of hydrogen-bond donors (Lipinski definition) is 1. The molecule has 0 unspecified atom stereocenters. The lowest BCUT2D eigenvalue weighted by Gasteiger charge is -2.30. The van der Waals surface area contributed by atoms with Crippen LogP contribution in [-0.4, -0.2) is 37.8 Å². The van der Waals surface area contributed by atoms with Gasteiger partial charge in [0, 0.05) is 31.1 Å². The molecule has 1 aliphatic heterocycles. The van der Waals surface area contributed by atoms with E-state index in [0.29, 0.717) is 19.4 Å². The molecule has 0 bridgehead atoms. The Morgan fingerprint density at radius 1 is 1.13 bits per heavy atom. The molecule has 2 aromatic rings. The van der Waals surface area contributed by atoms with Crippen molar-refractivity contribution in [2.75, 3.05) is 13.1 Å². The molecule has 0 aromatic heterocycles. The van der Waals surface area contributed by atoms with E-state index in [1.54, 1.807) is 6.07 Å². The normalized spacial score (nSPS) is 15.7. The fourth-order valence-corrected chi connectivity index (χ4v) is 5.17. The molecule has 3 rings (SSSR count). The number of sulfonamides is 1. The Labute approximate surface area is 183 Å². The van der Waals surface area contributed by atoms with Gasteiger partial charge in [0.05, 0.1) is 11.9 Å². The molecule has 0 atom stereocenters. The molecule has 0 aliphatic carbocycles. The maximum absolute atomic E-state index is 13.8. The molecular weight excluding hydrogens is 419 g/mol. The molecule has 168 valence electrons. The summed E-state index contributed by atoms with van der Waals surface area (Å²) >= 11 is 0. The Hall–Kier alpha value is -2.45. The molecular formula is C23H29FN2O4S. The van der Waals surface area contributed by atoms with Gasteiger partial charge in [-0.2, -0.15) is 0 Å². The van der Waals surface area contributed by atoms with Gasteiger partial charge in [-0.1, -0.05) is 30.3 Å². The van der Waals surface area contributed by atoms with Gasteiger partial charge in [-0.05, 0) is 50.5 Å². The van der Waals surface area contributed by atoms with Gasteiger partial charge < -0.3 is 10.1 Å². The number of benzene rings is 2. The monoisotopic (exact) mass is 448 g/mol. The lowest BCUT2D eigenvalue weighted by Crippen LogP contribution is -2.43. The van der Waals surface area contributed by atoms with Crippen LogP contribution in [0.4, 0.5) is 4.39 Å². The van der Waals surface area contributed by atoms with Gasteiger partial charge in [0.1, 0.15) is 11.6 Å². The van der Waals surface area contributed by atoms with Crippen LogP contribution in [0.1, 0.15) is 37.8 Å². The van der Waals surface area contributed by atoms with Crippen molar-refractivity contribution < 1.29 is 22.3 Å². The highest BCUT2D eigenvalue weighted by Crippen LogP contribution is 2.23. The summed E-state index contributed by atoms with van der Waals surface area (Å²) in [6.45, 7) is 4.86. The van der Waals surface area contributed by atoms with E-state index in [-0.39, 0.29) is 42.3 Å². The van der Waals surface area contributed by atoms with E-state index in [1.165, 1.54) is 22.5 Å². The molecule has 1 heterocycles. The number of hydrogen-bond acceptors (Lipinski definition) is 4. The number of nitrogens with zero attached hydrogens (tertiary/aromatic N) is 1. The molecule has 0 spiro atoms. The Kier molecular flexibility index (Phi) is 7.67. The smallest absolute Gasteiger partial charge is 0.223 e. The van der Waals surface area contributed by atoms with Gasteiger partial charge in [0.2, 0.25) is 15.9 Å². The van der Waals surface area contributed by atoms with Crippen molar-refractivity contribution in [1.82, 2.24) is 9.62 Å². The molecule has 6 nitrogen and oxygen atoms in total. The molecule has 31 heavy (non-hydrogen) atoms. The van der Waals surface area contributed by atoms with Crippen molar-refractivity contribution in [3.05, 3.63) is 65.5 Å². The van der Waals surface area contributed by atoms with Crippen molar-refractivity contribution in [2.45, 2.75) is 45.1 Å². The molecule has 1 amide bonds. The van der Waals surface area contributed by atoms with Crippen molar-refractivity contribution in [2.24, 2.45) is 5.92 Å². The van der Waals surface area contributed by atoms with E-state index in [9.17, 15) is 17.6 Å². The van der Waals surface area contributed by atoms with Crippen LogP contribution in [0.25, 0.3) is 0 Å². The number of nitrogens with one attached hydrogen (secondary N) is 1. The summed E-state index contributed by atoms with van der Waals surface area (Å²) in [6.07, 6.45) is 0.999. The maximum atomic E-state index is 13.8. The van der Waals surface area contributed by atoms with Gasteiger partial charge in [-0.25, -0.2) is 17.1 Å². The molecule has 1 saturated heterocycles. The van der Waals surface area contributed by atoms with E-state index in [4.69, 9.17) is 4.74 Å². The number of rotatable bonds is 8. The molecule has 0 radical (unpaired) electrons. The fourth-order valence-electron chi connectivity index (χ4n) is 3.59. The minimum atomic E-state index is -3.63. The summed E-state index contributed by atoms with van der Waals surface area (Å²) in [4.78, 5) is 12.5. The second kappa shape index (κ2) is 10.2. The SMILES string of the molecule is CC(C)Oc1ccc(CNC(=O)C2CCN(S(=O)(=O)Cc3ccccc3F)CC2)cc1. The third-order valence-electron chi connectivity index (χ3n) is 5.28. The van der Waals surface area contributed by atoms with E-state index in [0.717, 1.165) is 11.3 Å². The molecule has 2 aromatic carbocycles. The van der Waals surface area contributed by atoms with E-state index >= 15 is 0 Å². The Balaban J connectivity index is 1.47. The van der Waals surface area contributed by atoms with Crippen LogP contribution < -0.4 is 10.1 Å². The van der Waals surface area contributed by atoms with Crippen molar-refractivity contribution >= 4 is 15.9 Å². The van der Waals surface area contributed by atoms with Gasteiger partial charge in [-0.15, -0.1) is 0 Å². The second-order valence-corrected chi connectivity index (χ2v) is 10.0. The molecule has 1 N–H and O–H groups in total. The summed E-state index contributed by atoms with van der Waals surface area (Å²) < 4.78 is 46.1. The fraction of sp³-hybridized carbons (Fsp3) is 0.435. The zero-order valence-corrected chi connectivity index (χ0v) is 18.7. The topological polar surface area (TPSA) is 75.7 Å². The summed E-state index contributed by atoms with van der Waals surface area (Å²) in [5, 5.41) is 2.93. The summed E-state index contributed by atoms with van der Waals surface area (Å²) in [5.74, 6) is -0.414. The minimum absolute atomic E-state index is 0.0753. The Bertz CT molecular complexity index is 985. The largest absolute Gasteiger partial charge is 0.491 e. The van der Waals surface area contributed by atoms with Gasteiger partial charge >= 0.3 is 0 Å². The summed E-state index contributed by atoms with van der Waals surface area (Å²) in [6, 6.07) is 13.5. The molecule has 1 aliphatic rings. The lowest BCUT2D eigenvalue weighted by molar-refractivity contribution is -0.126. The minimum Gasteiger partial charge on any atom is -0.491 e. The van der Waals surface area contributed by atoms with Crippen molar-refractivity contribution in [1.29, 1.82) is 0 Å². The van der Waals surface area contributed by atoms with E-state index in [2.05, 4.69) is 5.32 Å². The highest BCUT2D eigenvalue weighted by molar-refractivity contribution is 7.88. The maximum Gasteiger partial charge on any atom is 0.223 e. The summed E-state index contributed by atoms with van der Waals surface area (Å²) in [7, 11) is -3.63. The quantitative estimate of drug-likeness (QED) is 0.671. The first kappa shape index (κ1) is 23.2. The lowest BCUT2D eigenvalue weighted by atomic mass is 9.97. The Morgan fingerprint density at radius 3 is 2.39 bits per heavy atom. The van der Waals surface area contributed by atoms with Crippen LogP contribution in [0, 0.1) is 11.7 Å². The van der Waals surface area contributed by atoms with Crippen LogP contribution in [-0.2, 0) is 27.1 Å². The Morgan fingerprint density at radius 2 is 1.77 bits per heavy atom. The zero-order chi connectivity index (χ0) is 22.4. The van der Waals surface area contributed by atoms with Crippen LogP contribution >= 0.6 is 0 Å². The van der Waals surface area contributed by atoms with Crippen LogP contribution in [0.5, 0.6) is 5.75 Å².